The van der Waals surface area contributed by atoms with E-state index in [-0.39, 0.29) is 29.5 Å². The fourth-order valence-electron chi connectivity index (χ4n) is 4.83. The number of fused-ring (bicyclic) bond motifs is 3. The molecule has 3 aliphatic rings. The van der Waals surface area contributed by atoms with Gasteiger partial charge in [-0.3, -0.25) is 14.5 Å². The summed E-state index contributed by atoms with van der Waals surface area (Å²) >= 11 is 0. The summed E-state index contributed by atoms with van der Waals surface area (Å²) in [5.41, 5.74) is 7.81. The number of amides is 2. The van der Waals surface area contributed by atoms with Crippen LogP contribution in [-0.2, 0) is 16.0 Å². The molecular formula is C24H31N7O4. The third-order valence-corrected chi connectivity index (χ3v) is 6.57. The zero-order valence-corrected chi connectivity index (χ0v) is 20.0. The molecule has 2 aromatic rings. The second kappa shape index (κ2) is 9.67. The van der Waals surface area contributed by atoms with Crippen molar-refractivity contribution in [3.05, 3.63) is 29.6 Å². The van der Waals surface area contributed by atoms with Crippen LogP contribution in [0.4, 0.5) is 23.0 Å². The van der Waals surface area contributed by atoms with Crippen molar-refractivity contribution in [3.8, 4) is 5.75 Å². The number of rotatable bonds is 6. The number of carbonyl (C=O) groups excluding carboxylic acids is 2. The minimum absolute atomic E-state index is 0.0136. The first-order valence-corrected chi connectivity index (χ1v) is 12.0. The van der Waals surface area contributed by atoms with E-state index in [0.717, 1.165) is 25.1 Å². The quantitative estimate of drug-likeness (QED) is 0.561. The number of benzene rings is 1. The Labute approximate surface area is 204 Å². The number of hydrogen-bond donors (Lipinski definition) is 3. The van der Waals surface area contributed by atoms with E-state index >= 15 is 0 Å². The maximum atomic E-state index is 12.7. The maximum absolute atomic E-state index is 12.7. The molecule has 186 valence electrons. The Bertz CT molecular complexity index is 1140. The van der Waals surface area contributed by atoms with E-state index in [1.54, 1.807) is 0 Å². The van der Waals surface area contributed by atoms with Gasteiger partial charge in [-0.1, -0.05) is 6.92 Å². The first-order chi connectivity index (χ1) is 16.9. The molecule has 4 N–H and O–H groups in total. The molecule has 11 heteroatoms. The van der Waals surface area contributed by atoms with E-state index in [9.17, 15) is 9.59 Å². The van der Waals surface area contributed by atoms with Gasteiger partial charge in [0.25, 0.3) is 5.91 Å². The van der Waals surface area contributed by atoms with Gasteiger partial charge in [0, 0.05) is 37.6 Å². The lowest BCUT2D eigenvalue weighted by molar-refractivity contribution is -0.122. The topological polar surface area (TPSA) is 135 Å². The van der Waals surface area contributed by atoms with Gasteiger partial charge in [0.1, 0.15) is 12.4 Å². The molecule has 2 fully saturated rings. The number of nitrogens with zero attached hydrogens (tertiary/aromatic N) is 4. The summed E-state index contributed by atoms with van der Waals surface area (Å²) in [5.74, 6) is 0.895. The van der Waals surface area contributed by atoms with E-state index in [4.69, 9.17) is 20.2 Å². The molecule has 4 heterocycles. The maximum Gasteiger partial charge on any atom is 0.271 e. The second-order valence-electron chi connectivity index (χ2n) is 9.20. The highest BCUT2D eigenvalue weighted by molar-refractivity contribution is 5.99. The number of hydrogen-bond acceptors (Lipinski definition) is 9. The Kier molecular flexibility index (Phi) is 6.44. The molecule has 2 saturated heterocycles. The standard InChI is InChI=1S/C24H31N7O4/c1-3-17-23(26-14-6-8-34-9-7-14)29-24(21(28-17)22(25)33)27-15-4-5-18-19(10-15)35-13-16-11-30(2)12-20(32)31(16)18/h4-5,10,14,16H,3,6-9,11-13H2,1-2H3,(H2,25,33)(H2,26,27,29)/t16-/m1/s1. The molecule has 0 spiro atoms. The molecule has 11 nitrogen and oxygen atoms in total. The summed E-state index contributed by atoms with van der Waals surface area (Å²) < 4.78 is 11.4. The molecule has 0 radical (unpaired) electrons. The van der Waals surface area contributed by atoms with Gasteiger partial charge < -0.3 is 30.7 Å². The lowest BCUT2D eigenvalue weighted by atomic mass is 10.1. The first-order valence-electron chi connectivity index (χ1n) is 12.0. The summed E-state index contributed by atoms with van der Waals surface area (Å²) in [7, 11) is 1.93. The fourth-order valence-corrected chi connectivity index (χ4v) is 4.83. The number of aryl methyl sites for hydroxylation is 1. The highest BCUT2D eigenvalue weighted by Crippen LogP contribution is 2.38. The van der Waals surface area contributed by atoms with Gasteiger partial charge >= 0.3 is 0 Å². The minimum atomic E-state index is -0.660. The normalized spacial score (nSPS) is 20.6. The molecule has 0 bridgehead atoms. The number of anilines is 4. The van der Waals surface area contributed by atoms with Gasteiger partial charge in [-0.2, -0.15) is 0 Å². The molecule has 0 unspecified atom stereocenters. The van der Waals surface area contributed by atoms with Crippen LogP contribution in [0.3, 0.4) is 0 Å². The Hall–Kier alpha value is -3.44. The summed E-state index contributed by atoms with van der Waals surface area (Å²) in [5, 5.41) is 6.66. The number of aromatic nitrogens is 2. The molecule has 0 saturated carbocycles. The van der Waals surface area contributed by atoms with Crippen molar-refractivity contribution >= 4 is 34.8 Å². The van der Waals surface area contributed by atoms with Gasteiger partial charge in [0.15, 0.2) is 17.3 Å². The number of likely N-dealkylation sites (N-methyl/N-ethyl adjacent to an activating group) is 1. The molecule has 2 amide bonds. The van der Waals surface area contributed by atoms with Crippen LogP contribution in [0.1, 0.15) is 35.9 Å². The average Bonchev–Trinajstić information content (AvgIpc) is 2.84. The van der Waals surface area contributed by atoms with Crippen LogP contribution in [-0.4, -0.2) is 78.7 Å². The number of carbonyl (C=O) groups is 2. The molecule has 1 aromatic heterocycles. The van der Waals surface area contributed by atoms with Gasteiger partial charge in [0.2, 0.25) is 5.91 Å². The van der Waals surface area contributed by atoms with Crippen LogP contribution >= 0.6 is 0 Å². The largest absolute Gasteiger partial charge is 0.489 e. The molecular weight excluding hydrogens is 450 g/mol. The van der Waals surface area contributed by atoms with E-state index in [2.05, 4.69) is 15.6 Å². The van der Waals surface area contributed by atoms with E-state index in [1.807, 2.05) is 42.0 Å². The van der Waals surface area contributed by atoms with E-state index in [0.29, 0.717) is 55.7 Å². The van der Waals surface area contributed by atoms with E-state index in [1.165, 1.54) is 0 Å². The molecule has 3 aliphatic heterocycles. The van der Waals surface area contributed by atoms with Crippen LogP contribution in [0, 0.1) is 0 Å². The third kappa shape index (κ3) is 4.73. The molecule has 0 aliphatic carbocycles. The Morgan fingerprint density at radius 2 is 2.03 bits per heavy atom. The third-order valence-electron chi connectivity index (χ3n) is 6.57. The fraction of sp³-hybridized carbons (Fsp3) is 0.500. The van der Waals surface area contributed by atoms with Crippen LogP contribution in [0.5, 0.6) is 5.75 Å². The van der Waals surface area contributed by atoms with Crippen molar-refractivity contribution in [2.45, 2.75) is 38.3 Å². The zero-order valence-electron chi connectivity index (χ0n) is 20.0. The number of primary amides is 1. The summed E-state index contributed by atoms with van der Waals surface area (Å²) in [4.78, 5) is 38.0. The monoisotopic (exact) mass is 481 g/mol. The van der Waals surface area contributed by atoms with Crippen LogP contribution in [0.2, 0.25) is 0 Å². The van der Waals surface area contributed by atoms with E-state index < -0.39 is 5.91 Å². The smallest absolute Gasteiger partial charge is 0.271 e. The van der Waals surface area contributed by atoms with Gasteiger partial charge in [-0.25, -0.2) is 9.97 Å². The average molecular weight is 482 g/mol. The lowest BCUT2D eigenvalue weighted by Crippen LogP contribution is -2.59. The van der Waals surface area contributed by atoms with Crippen LogP contribution in [0.25, 0.3) is 0 Å². The highest BCUT2D eigenvalue weighted by Gasteiger charge is 2.37. The number of nitrogens with one attached hydrogen (secondary N) is 2. The molecule has 35 heavy (non-hydrogen) atoms. The van der Waals surface area contributed by atoms with Crippen molar-refractivity contribution < 1.29 is 19.1 Å². The number of piperazine rings is 1. The van der Waals surface area contributed by atoms with Crippen LogP contribution < -0.4 is 26.0 Å². The first kappa shape index (κ1) is 23.3. The highest BCUT2D eigenvalue weighted by atomic mass is 16.5. The minimum Gasteiger partial charge on any atom is -0.489 e. The lowest BCUT2D eigenvalue weighted by Gasteiger charge is -2.43. The summed E-state index contributed by atoms with van der Waals surface area (Å²) in [6.45, 7) is 4.91. The SMILES string of the molecule is CCc1nc(C(N)=O)c(Nc2ccc3c(c2)OC[C@H]2CN(C)CC(=O)N32)nc1NC1CCOCC1. The molecule has 5 rings (SSSR count). The predicted octanol–water partition coefficient (Wildman–Crippen LogP) is 1.51. The zero-order chi connectivity index (χ0) is 24.5. The number of ether oxygens (including phenoxy) is 2. The second-order valence-corrected chi connectivity index (χ2v) is 9.20. The number of nitrogens with two attached hydrogens (primary N) is 1. The van der Waals surface area contributed by atoms with Gasteiger partial charge in [-0.15, -0.1) is 0 Å². The van der Waals surface area contributed by atoms with Crippen molar-refractivity contribution in [2.24, 2.45) is 5.73 Å². The Morgan fingerprint density at radius 3 is 2.77 bits per heavy atom. The van der Waals surface area contributed by atoms with Gasteiger partial charge in [0.05, 0.1) is 24.0 Å². The van der Waals surface area contributed by atoms with Crippen molar-refractivity contribution in [1.29, 1.82) is 0 Å². The van der Waals surface area contributed by atoms with Crippen molar-refractivity contribution in [1.82, 2.24) is 14.9 Å². The molecule has 1 aromatic carbocycles. The molecule has 1 atom stereocenters. The summed E-state index contributed by atoms with van der Waals surface area (Å²) in [6, 6.07) is 5.71. The van der Waals surface area contributed by atoms with Gasteiger partial charge in [-0.05, 0) is 38.4 Å². The van der Waals surface area contributed by atoms with Crippen molar-refractivity contribution in [3.63, 3.8) is 0 Å². The Morgan fingerprint density at radius 1 is 1.23 bits per heavy atom. The summed E-state index contributed by atoms with van der Waals surface area (Å²) in [6.07, 6.45) is 2.35. The van der Waals surface area contributed by atoms with Crippen molar-refractivity contribution in [2.75, 3.05) is 55.5 Å². The Balaban J connectivity index is 1.43. The predicted molar refractivity (Wildman–Crippen MR) is 131 cm³/mol. The van der Waals surface area contributed by atoms with Crippen LogP contribution in [0.15, 0.2) is 18.2 Å².